The number of sulfonamides is 1. The Kier molecular flexibility index (Phi) is 4.24. The molecule has 0 spiro atoms. The van der Waals surface area contributed by atoms with Crippen LogP contribution in [0.2, 0.25) is 0 Å². The smallest absolute Gasteiger partial charge is 0.216 e. The van der Waals surface area contributed by atoms with Gasteiger partial charge in [-0.25, -0.2) is 26.9 Å². The van der Waals surface area contributed by atoms with Gasteiger partial charge in [-0.1, -0.05) is 6.07 Å². The van der Waals surface area contributed by atoms with Crippen LogP contribution in [0.25, 0.3) is 0 Å². The first kappa shape index (κ1) is 15.5. The van der Waals surface area contributed by atoms with Gasteiger partial charge in [0.15, 0.2) is 0 Å². The third kappa shape index (κ3) is 3.50. The number of nitrogens with one attached hydrogen (secondary N) is 1. The average molecular weight is 344 g/mol. The van der Waals surface area contributed by atoms with Crippen molar-refractivity contribution in [1.29, 1.82) is 0 Å². The molecule has 0 aliphatic heterocycles. The minimum atomic E-state index is -3.87. The summed E-state index contributed by atoms with van der Waals surface area (Å²) in [5.41, 5.74) is -0.441. The molecule has 1 heterocycles. The third-order valence-electron chi connectivity index (χ3n) is 3.51. The molecular formula is C14H14F2N2O2S2. The molecule has 22 heavy (non-hydrogen) atoms. The molecule has 4 nitrogen and oxygen atoms in total. The van der Waals surface area contributed by atoms with Gasteiger partial charge in [-0.2, -0.15) is 0 Å². The SMILES string of the molecule is O=S(=O)(Cc1c(F)cccc1F)N[C@H](c1nccs1)C1CC1. The first-order valence-corrected chi connectivity index (χ1v) is 9.32. The first-order valence-electron chi connectivity index (χ1n) is 6.78. The number of thiazole rings is 1. The molecule has 1 atom stereocenters. The summed E-state index contributed by atoms with van der Waals surface area (Å²) in [6.07, 6.45) is 3.45. The van der Waals surface area contributed by atoms with E-state index in [0.29, 0.717) is 5.01 Å². The molecular weight excluding hydrogens is 330 g/mol. The molecule has 1 N–H and O–H groups in total. The van der Waals surface area contributed by atoms with Crippen LogP contribution in [0.4, 0.5) is 8.78 Å². The van der Waals surface area contributed by atoms with Crippen LogP contribution >= 0.6 is 11.3 Å². The van der Waals surface area contributed by atoms with Crippen molar-refractivity contribution in [2.45, 2.75) is 24.6 Å². The quantitative estimate of drug-likeness (QED) is 0.876. The summed E-state index contributed by atoms with van der Waals surface area (Å²) in [7, 11) is -3.87. The van der Waals surface area contributed by atoms with E-state index in [1.54, 1.807) is 11.6 Å². The molecule has 1 saturated carbocycles. The van der Waals surface area contributed by atoms with Gasteiger partial charge in [-0.3, -0.25) is 0 Å². The predicted molar refractivity (Wildman–Crippen MR) is 79.7 cm³/mol. The monoisotopic (exact) mass is 344 g/mol. The van der Waals surface area contributed by atoms with E-state index in [-0.39, 0.29) is 5.92 Å². The molecule has 0 radical (unpaired) electrons. The second kappa shape index (κ2) is 6.02. The standard InChI is InChI=1S/C14H14F2N2O2S2/c15-11-2-1-3-12(16)10(11)8-22(19,20)18-13(9-4-5-9)14-17-6-7-21-14/h1-3,6-7,9,13,18H,4-5,8H2/t13-/m0/s1. The highest BCUT2D eigenvalue weighted by atomic mass is 32.2. The largest absolute Gasteiger partial charge is 0.248 e. The van der Waals surface area contributed by atoms with Gasteiger partial charge >= 0.3 is 0 Å². The Balaban J connectivity index is 1.81. The molecule has 1 aromatic carbocycles. The van der Waals surface area contributed by atoms with Gasteiger partial charge in [-0.05, 0) is 30.9 Å². The maximum absolute atomic E-state index is 13.6. The van der Waals surface area contributed by atoms with Gasteiger partial charge in [0.25, 0.3) is 0 Å². The van der Waals surface area contributed by atoms with Crippen molar-refractivity contribution < 1.29 is 17.2 Å². The van der Waals surface area contributed by atoms with E-state index in [2.05, 4.69) is 9.71 Å². The van der Waals surface area contributed by atoms with Crippen LogP contribution in [0.5, 0.6) is 0 Å². The van der Waals surface area contributed by atoms with Crippen molar-refractivity contribution >= 4 is 21.4 Å². The number of benzene rings is 1. The zero-order valence-electron chi connectivity index (χ0n) is 11.5. The van der Waals surface area contributed by atoms with E-state index in [1.165, 1.54) is 17.4 Å². The van der Waals surface area contributed by atoms with Crippen LogP contribution in [0.1, 0.15) is 29.5 Å². The maximum atomic E-state index is 13.6. The van der Waals surface area contributed by atoms with E-state index in [0.717, 1.165) is 25.0 Å². The summed E-state index contributed by atoms with van der Waals surface area (Å²) in [4.78, 5) is 4.15. The van der Waals surface area contributed by atoms with Crippen LogP contribution in [0.3, 0.4) is 0 Å². The van der Waals surface area contributed by atoms with Crippen LogP contribution in [-0.4, -0.2) is 13.4 Å². The number of hydrogen-bond acceptors (Lipinski definition) is 4. The van der Waals surface area contributed by atoms with Crippen molar-refractivity contribution in [3.05, 3.63) is 52.0 Å². The Bertz CT molecular complexity index is 739. The van der Waals surface area contributed by atoms with Crippen molar-refractivity contribution in [3.63, 3.8) is 0 Å². The highest BCUT2D eigenvalue weighted by Gasteiger charge is 2.36. The summed E-state index contributed by atoms with van der Waals surface area (Å²) in [6.45, 7) is 0. The fourth-order valence-corrected chi connectivity index (χ4v) is 4.55. The van der Waals surface area contributed by atoms with Crippen LogP contribution in [-0.2, 0) is 15.8 Å². The third-order valence-corrected chi connectivity index (χ3v) is 5.65. The van der Waals surface area contributed by atoms with Gasteiger partial charge in [0, 0.05) is 17.1 Å². The second-order valence-electron chi connectivity index (χ2n) is 5.26. The molecule has 118 valence electrons. The fourth-order valence-electron chi connectivity index (χ4n) is 2.26. The van der Waals surface area contributed by atoms with Crippen molar-refractivity contribution in [2.75, 3.05) is 0 Å². The molecule has 1 aliphatic rings. The second-order valence-corrected chi connectivity index (χ2v) is 7.94. The zero-order chi connectivity index (χ0) is 15.7. The minimum absolute atomic E-state index is 0.200. The Morgan fingerprint density at radius 1 is 1.32 bits per heavy atom. The van der Waals surface area contributed by atoms with E-state index in [4.69, 9.17) is 0 Å². The normalized spacial score (nSPS) is 16.6. The summed E-state index contributed by atoms with van der Waals surface area (Å²) in [5, 5.41) is 2.45. The highest BCUT2D eigenvalue weighted by Crippen LogP contribution is 2.42. The molecule has 1 aliphatic carbocycles. The van der Waals surface area contributed by atoms with Gasteiger partial charge in [0.2, 0.25) is 10.0 Å². The predicted octanol–water partition coefficient (Wildman–Crippen LogP) is 2.99. The lowest BCUT2D eigenvalue weighted by Crippen LogP contribution is -2.31. The Labute approximate surface area is 131 Å². The number of hydrogen-bond donors (Lipinski definition) is 1. The topological polar surface area (TPSA) is 59.1 Å². The molecule has 0 saturated heterocycles. The van der Waals surface area contributed by atoms with E-state index in [1.807, 2.05) is 0 Å². The lowest BCUT2D eigenvalue weighted by Gasteiger charge is -2.16. The molecule has 1 aromatic heterocycles. The minimum Gasteiger partial charge on any atom is -0.248 e. The summed E-state index contributed by atoms with van der Waals surface area (Å²) in [6, 6.07) is 2.89. The van der Waals surface area contributed by atoms with Crippen molar-refractivity contribution in [3.8, 4) is 0 Å². The van der Waals surface area contributed by atoms with E-state index in [9.17, 15) is 17.2 Å². The summed E-state index contributed by atoms with van der Waals surface area (Å²) >= 11 is 1.37. The molecule has 2 aromatic rings. The summed E-state index contributed by atoms with van der Waals surface area (Å²) in [5.74, 6) is -2.24. The van der Waals surface area contributed by atoms with Gasteiger partial charge in [0.1, 0.15) is 16.6 Å². The lowest BCUT2D eigenvalue weighted by atomic mass is 10.2. The number of rotatable bonds is 6. The fraction of sp³-hybridized carbons (Fsp3) is 0.357. The van der Waals surface area contributed by atoms with Gasteiger partial charge in [-0.15, -0.1) is 11.3 Å². The number of aromatic nitrogens is 1. The average Bonchev–Trinajstić information content (AvgIpc) is 3.15. The van der Waals surface area contributed by atoms with Crippen LogP contribution in [0.15, 0.2) is 29.8 Å². The molecule has 8 heteroatoms. The molecule has 1 fully saturated rings. The Hall–Kier alpha value is -1.38. The Morgan fingerprint density at radius 2 is 2.00 bits per heavy atom. The van der Waals surface area contributed by atoms with Gasteiger partial charge in [0.05, 0.1) is 11.8 Å². The molecule has 3 rings (SSSR count). The Morgan fingerprint density at radius 3 is 2.55 bits per heavy atom. The van der Waals surface area contributed by atoms with Crippen LogP contribution in [0, 0.1) is 17.6 Å². The van der Waals surface area contributed by atoms with Crippen LogP contribution < -0.4 is 4.72 Å². The molecule has 0 unspecified atom stereocenters. The summed E-state index contributed by atoms with van der Waals surface area (Å²) < 4.78 is 54.3. The number of nitrogens with zero attached hydrogens (tertiary/aromatic N) is 1. The van der Waals surface area contributed by atoms with Crippen molar-refractivity contribution in [1.82, 2.24) is 9.71 Å². The highest BCUT2D eigenvalue weighted by molar-refractivity contribution is 7.88. The lowest BCUT2D eigenvalue weighted by molar-refractivity contribution is 0.520. The van der Waals surface area contributed by atoms with Crippen molar-refractivity contribution in [2.24, 2.45) is 5.92 Å². The molecule has 0 bridgehead atoms. The molecule has 0 amide bonds. The first-order chi connectivity index (χ1) is 10.5. The van der Waals surface area contributed by atoms with E-state index < -0.39 is 39.0 Å². The number of halogens is 2. The maximum Gasteiger partial charge on any atom is 0.216 e. The van der Waals surface area contributed by atoms with Gasteiger partial charge < -0.3 is 0 Å². The zero-order valence-corrected chi connectivity index (χ0v) is 13.1. The van der Waals surface area contributed by atoms with E-state index >= 15 is 0 Å².